The molecule has 1 rings (SSSR count). The predicted molar refractivity (Wildman–Crippen MR) is 58.1 cm³/mol. The maximum Gasteiger partial charge on any atom is 0.302 e. The van der Waals surface area contributed by atoms with E-state index in [0.29, 0.717) is 0 Å². The van der Waals surface area contributed by atoms with E-state index in [0.717, 1.165) is 0 Å². The summed E-state index contributed by atoms with van der Waals surface area (Å²) < 4.78 is 22.5. The van der Waals surface area contributed by atoms with E-state index in [1.54, 1.807) is 20.8 Å². The van der Waals surface area contributed by atoms with Crippen LogP contribution >= 0.6 is 0 Å². The molecule has 1 aromatic carbocycles. The van der Waals surface area contributed by atoms with Gasteiger partial charge in [0.05, 0.1) is 5.60 Å². The molecule has 0 amide bonds. The predicted octanol–water partition coefficient (Wildman–Crippen LogP) is 2.62. The monoisotopic (exact) mass is 216 g/mol. The third kappa shape index (κ3) is 11.3. The summed E-state index contributed by atoms with van der Waals surface area (Å²) >= 11 is -2.14. The number of hydrogen-bond acceptors (Lipinski definition) is 2. The molecule has 4 heteroatoms. The van der Waals surface area contributed by atoms with Crippen molar-refractivity contribution in [3.05, 3.63) is 36.4 Å². The molecule has 80 valence electrons. The second-order valence-electron chi connectivity index (χ2n) is 3.57. The van der Waals surface area contributed by atoms with E-state index in [2.05, 4.69) is 4.18 Å². The van der Waals surface area contributed by atoms with E-state index in [9.17, 15) is 4.21 Å². The van der Waals surface area contributed by atoms with Gasteiger partial charge in [-0.25, -0.2) is 0 Å². The van der Waals surface area contributed by atoms with Crippen LogP contribution in [-0.4, -0.2) is 14.4 Å². The van der Waals surface area contributed by atoms with E-state index in [1.165, 1.54) is 0 Å². The van der Waals surface area contributed by atoms with Gasteiger partial charge in [0.1, 0.15) is 0 Å². The van der Waals surface area contributed by atoms with Gasteiger partial charge >= 0.3 is 11.4 Å². The molecule has 14 heavy (non-hydrogen) atoms. The summed E-state index contributed by atoms with van der Waals surface area (Å²) in [5, 5.41) is 0. The Morgan fingerprint density at radius 1 is 1.00 bits per heavy atom. The van der Waals surface area contributed by atoms with Crippen molar-refractivity contribution in [2.24, 2.45) is 0 Å². The molecule has 0 saturated heterocycles. The molecule has 1 atom stereocenters. The van der Waals surface area contributed by atoms with Crippen molar-refractivity contribution < 1.29 is 12.9 Å². The lowest BCUT2D eigenvalue weighted by molar-refractivity contribution is 0.136. The number of benzene rings is 1. The molecular weight excluding hydrogens is 200 g/mol. The van der Waals surface area contributed by atoms with Crippen molar-refractivity contribution >= 4 is 11.4 Å². The Morgan fingerprint density at radius 2 is 1.29 bits per heavy atom. The van der Waals surface area contributed by atoms with Crippen molar-refractivity contribution in [1.29, 1.82) is 0 Å². The van der Waals surface area contributed by atoms with Crippen LogP contribution in [0.25, 0.3) is 0 Å². The van der Waals surface area contributed by atoms with Gasteiger partial charge in [0.25, 0.3) is 0 Å². The maximum atomic E-state index is 9.90. The van der Waals surface area contributed by atoms with Crippen LogP contribution in [0.5, 0.6) is 0 Å². The standard InChI is InChI=1S/C6H6.C4H10O3S/c1-2-4-6-5-3-1;1-4(2,3)7-8(5)6/h1-6H;1-3H3,(H,5,6). The Labute approximate surface area is 87.6 Å². The fraction of sp³-hybridized carbons (Fsp3) is 0.400. The molecule has 1 aromatic rings. The molecule has 0 aliphatic heterocycles. The van der Waals surface area contributed by atoms with E-state index < -0.39 is 17.0 Å². The summed E-state index contributed by atoms with van der Waals surface area (Å²) in [7, 11) is 0. The Hall–Kier alpha value is -0.710. The first-order valence-corrected chi connectivity index (χ1v) is 5.25. The highest BCUT2D eigenvalue weighted by Crippen LogP contribution is 2.06. The van der Waals surface area contributed by atoms with Crippen LogP contribution in [0.1, 0.15) is 20.8 Å². The largest absolute Gasteiger partial charge is 0.302 e. The van der Waals surface area contributed by atoms with Gasteiger partial charge in [-0.2, -0.15) is 4.21 Å². The zero-order valence-electron chi connectivity index (χ0n) is 8.64. The van der Waals surface area contributed by atoms with Gasteiger partial charge in [0.15, 0.2) is 0 Å². The molecule has 0 spiro atoms. The molecule has 3 nitrogen and oxygen atoms in total. The van der Waals surface area contributed by atoms with Crippen molar-refractivity contribution in [3.8, 4) is 0 Å². The van der Waals surface area contributed by atoms with Crippen molar-refractivity contribution in [2.75, 3.05) is 0 Å². The minimum absolute atomic E-state index is 0.528. The summed E-state index contributed by atoms with van der Waals surface area (Å²) in [6.07, 6.45) is 0. The Bertz CT molecular complexity index is 227. The topological polar surface area (TPSA) is 46.5 Å². The zero-order valence-corrected chi connectivity index (χ0v) is 9.45. The SMILES string of the molecule is CC(C)(C)OS(=O)O.c1ccccc1. The molecule has 0 bridgehead atoms. The quantitative estimate of drug-likeness (QED) is 0.734. The van der Waals surface area contributed by atoms with Crippen molar-refractivity contribution in [2.45, 2.75) is 26.4 Å². The molecule has 1 N–H and O–H groups in total. The zero-order chi connectivity index (χ0) is 11.0. The molecule has 0 aliphatic carbocycles. The van der Waals surface area contributed by atoms with E-state index >= 15 is 0 Å². The van der Waals surface area contributed by atoms with Crippen LogP contribution in [0.3, 0.4) is 0 Å². The van der Waals surface area contributed by atoms with Crippen LogP contribution in [0.4, 0.5) is 0 Å². The molecule has 1 unspecified atom stereocenters. The molecule has 0 heterocycles. The van der Waals surface area contributed by atoms with Crippen LogP contribution in [-0.2, 0) is 15.5 Å². The first-order chi connectivity index (χ1) is 6.42. The van der Waals surface area contributed by atoms with E-state index in [1.807, 2.05) is 36.4 Å². The first-order valence-electron chi connectivity index (χ1n) is 4.22. The Kier molecular flexibility index (Phi) is 6.36. The minimum Gasteiger partial charge on any atom is -0.284 e. The normalized spacial score (nSPS) is 12.6. The number of rotatable bonds is 1. The lowest BCUT2D eigenvalue weighted by atomic mass is 10.2. The summed E-state index contributed by atoms with van der Waals surface area (Å²) in [6.45, 7) is 5.13. The lowest BCUT2D eigenvalue weighted by Gasteiger charge is -2.14. The molecule has 0 radical (unpaired) electrons. The highest BCUT2D eigenvalue weighted by Gasteiger charge is 2.12. The molecule has 0 aromatic heterocycles. The average molecular weight is 216 g/mol. The van der Waals surface area contributed by atoms with Gasteiger partial charge < -0.3 is 0 Å². The van der Waals surface area contributed by atoms with Crippen LogP contribution < -0.4 is 0 Å². The smallest absolute Gasteiger partial charge is 0.284 e. The van der Waals surface area contributed by atoms with Gasteiger partial charge in [0, 0.05) is 0 Å². The van der Waals surface area contributed by atoms with Crippen molar-refractivity contribution in [1.82, 2.24) is 0 Å². The summed E-state index contributed by atoms with van der Waals surface area (Å²) in [6, 6.07) is 12.0. The van der Waals surface area contributed by atoms with Gasteiger partial charge in [-0.1, -0.05) is 36.4 Å². The third-order valence-electron chi connectivity index (χ3n) is 0.988. The van der Waals surface area contributed by atoms with Gasteiger partial charge in [-0.05, 0) is 20.8 Å². The second-order valence-corrected chi connectivity index (χ2v) is 4.17. The highest BCUT2D eigenvalue weighted by molar-refractivity contribution is 7.74. The van der Waals surface area contributed by atoms with Gasteiger partial charge in [0.2, 0.25) is 0 Å². The Morgan fingerprint density at radius 3 is 1.36 bits per heavy atom. The van der Waals surface area contributed by atoms with E-state index in [4.69, 9.17) is 4.55 Å². The number of hydrogen-bond donors (Lipinski definition) is 1. The molecule has 0 aliphatic rings. The summed E-state index contributed by atoms with van der Waals surface area (Å²) in [5.41, 5.74) is -0.528. The van der Waals surface area contributed by atoms with Crippen LogP contribution in [0.2, 0.25) is 0 Å². The van der Waals surface area contributed by atoms with Crippen LogP contribution in [0.15, 0.2) is 36.4 Å². The molecule has 0 saturated carbocycles. The highest BCUT2D eigenvalue weighted by atomic mass is 32.2. The first kappa shape index (κ1) is 13.3. The molecule has 0 fully saturated rings. The van der Waals surface area contributed by atoms with Crippen molar-refractivity contribution in [3.63, 3.8) is 0 Å². The van der Waals surface area contributed by atoms with Gasteiger partial charge in [-0.15, -0.1) is 0 Å². The fourth-order valence-electron chi connectivity index (χ4n) is 0.599. The minimum atomic E-state index is -2.14. The molecular formula is C10H16O3S. The Balaban J connectivity index is 0.000000249. The van der Waals surface area contributed by atoms with Gasteiger partial charge in [-0.3, -0.25) is 8.74 Å². The average Bonchev–Trinajstić information content (AvgIpc) is 2.03. The summed E-state index contributed by atoms with van der Waals surface area (Å²) in [5.74, 6) is 0. The second kappa shape index (κ2) is 6.70. The van der Waals surface area contributed by atoms with E-state index in [-0.39, 0.29) is 0 Å². The fourth-order valence-corrected chi connectivity index (χ4v) is 1.03. The maximum absolute atomic E-state index is 9.90. The lowest BCUT2D eigenvalue weighted by Crippen LogP contribution is -2.19. The van der Waals surface area contributed by atoms with Crippen LogP contribution in [0, 0.1) is 0 Å². The summed E-state index contributed by atoms with van der Waals surface area (Å²) in [4.78, 5) is 0. The third-order valence-corrected chi connectivity index (χ3v) is 1.63.